The van der Waals surface area contributed by atoms with Crippen molar-refractivity contribution in [2.24, 2.45) is 17.8 Å². The van der Waals surface area contributed by atoms with Gasteiger partial charge in [-0.15, -0.1) is 0 Å². The van der Waals surface area contributed by atoms with Crippen LogP contribution in [0.3, 0.4) is 0 Å². The van der Waals surface area contributed by atoms with E-state index in [0.29, 0.717) is 0 Å². The molecule has 0 amide bonds. The average Bonchev–Trinajstić information content (AvgIpc) is 3.12. The van der Waals surface area contributed by atoms with Crippen LogP contribution in [0.1, 0.15) is 12.8 Å². The molecule has 1 saturated carbocycles. The Morgan fingerprint density at radius 2 is 1.70 bits per heavy atom. The van der Waals surface area contributed by atoms with Crippen molar-refractivity contribution in [1.82, 2.24) is 4.90 Å². The number of rotatable bonds is 3. The molecule has 2 fully saturated rings. The standard InChI is InChI=1S/C18H24N2/c1-2-4-18(5-3-1)20-10-8-19(9-11-20)14-17-13-15-6-7-16(17)12-15/h1-7,15-17H,8-14H2/t15-,16-,17-/m0/s1. The quantitative estimate of drug-likeness (QED) is 0.778. The monoisotopic (exact) mass is 268 g/mol. The fourth-order valence-electron chi connectivity index (χ4n) is 4.26. The van der Waals surface area contributed by atoms with Gasteiger partial charge in [-0.2, -0.15) is 0 Å². The lowest BCUT2D eigenvalue weighted by Crippen LogP contribution is -2.48. The number of fused-ring (bicyclic) bond motifs is 2. The first-order valence-electron chi connectivity index (χ1n) is 8.09. The molecule has 0 radical (unpaired) electrons. The summed E-state index contributed by atoms with van der Waals surface area (Å²) in [5.74, 6) is 2.75. The van der Waals surface area contributed by atoms with Gasteiger partial charge in [-0.1, -0.05) is 30.4 Å². The number of allylic oxidation sites excluding steroid dienone is 2. The fraction of sp³-hybridized carbons (Fsp3) is 0.556. The maximum absolute atomic E-state index is 2.69. The molecular formula is C18H24N2. The van der Waals surface area contributed by atoms with Crippen molar-refractivity contribution in [2.75, 3.05) is 37.6 Å². The Balaban J connectivity index is 1.31. The predicted molar refractivity (Wildman–Crippen MR) is 83.9 cm³/mol. The molecule has 1 heterocycles. The molecule has 1 aliphatic heterocycles. The molecule has 1 aromatic rings. The Kier molecular flexibility index (Phi) is 3.27. The van der Waals surface area contributed by atoms with Gasteiger partial charge in [0.2, 0.25) is 0 Å². The minimum Gasteiger partial charge on any atom is -0.369 e. The van der Waals surface area contributed by atoms with E-state index in [1.807, 2.05) is 0 Å². The highest BCUT2D eigenvalue weighted by molar-refractivity contribution is 5.46. The van der Waals surface area contributed by atoms with Gasteiger partial charge in [-0.05, 0) is 42.7 Å². The molecule has 20 heavy (non-hydrogen) atoms. The normalized spacial score (nSPS) is 33.0. The van der Waals surface area contributed by atoms with Crippen molar-refractivity contribution in [3.63, 3.8) is 0 Å². The molecule has 0 aromatic heterocycles. The Morgan fingerprint density at radius 1 is 0.900 bits per heavy atom. The maximum Gasteiger partial charge on any atom is 0.0367 e. The van der Waals surface area contributed by atoms with Gasteiger partial charge in [0, 0.05) is 38.4 Å². The van der Waals surface area contributed by atoms with Crippen molar-refractivity contribution in [3.05, 3.63) is 42.5 Å². The summed E-state index contributed by atoms with van der Waals surface area (Å²) in [4.78, 5) is 5.22. The largest absolute Gasteiger partial charge is 0.369 e. The topological polar surface area (TPSA) is 6.48 Å². The highest BCUT2D eigenvalue weighted by Gasteiger charge is 2.36. The zero-order valence-corrected chi connectivity index (χ0v) is 12.1. The summed E-state index contributed by atoms with van der Waals surface area (Å²) in [6, 6.07) is 10.8. The van der Waals surface area contributed by atoms with Gasteiger partial charge in [0.15, 0.2) is 0 Å². The molecule has 1 aromatic carbocycles. The van der Waals surface area contributed by atoms with Crippen LogP contribution in [0.2, 0.25) is 0 Å². The zero-order valence-electron chi connectivity index (χ0n) is 12.1. The molecule has 2 aliphatic carbocycles. The van der Waals surface area contributed by atoms with E-state index >= 15 is 0 Å². The van der Waals surface area contributed by atoms with E-state index in [4.69, 9.17) is 0 Å². The van der Waals surface area contributed by atoms with Gasteiger partial charge in [0.1, 0.15) is 0 Å². The third kappa shape index (κ3) is 2.37. The SMILES string of the molecule is C1=C[C@H]2C[C@H]1C[C@H]2CN1CCN(c2ccccc2)CC1. The molecule has 3 aliphatic rings. The molecule has 2 bridgehead atoms. The summed E-state index contributed by atoms with van der Waals surface area (Å²) in [5.41, 5.74) is 1.38. The summed E-state index contributed by atoms with van der Waals surface area (Å²) >= 11 is 0. The third-order valence-corrected chi connectivity index (χ3v) is 5.40. The second-order valence-electron chi connectivity index (χ2n) is 6.66. The minimum atomic E-state index is 0.896. The second-order valence-corrected chi connectivity index (χ2v) is 6.66. The minimum absolute atomic E-state index is 0.896. The molecule has 4 rings (SSSR count). The lowest BCUT2D eigenvalue weighted by atomic mass is 9.93. The average molecular weight is 268 g/mol. The van der Waals surface area contributed by atoms with Crippen molar-refractivity contribution in [2.45, 2.75) is 12.8 Å². The van der Waals surface area contributed by atoms with Crippen LogP contribution in [0.15, 0.2) is 42.5 Å². The molecule has 1 saturated heterocycles. The van der Waals surface area contributed by atoms with Crippen LogP contribution in [0.5, 0.6) is 0 Å². The number of hydrogen-bond donors (Lipinski definition) is 0. The van der Waals surface area contributed by atoms with Crippen molar-refractivity contribution in [1.29, 1.82) is 0 Å². The van der Waals surface area contributed by atoms with E-state index in [1.165, 1.54) is 51.3 Å². The first-order valence-corrected chi connectivity index (χ1v) is 8.09. The lowest BCUT2D eigenvalue weighted by molar-refractivity contribution is 0.204. The summed E-state index contributed by atoms with van der Waals surface area (Å²) in [6.45, 7) is 6.15. The highest BCUT2D eigenvalue weighted by Crippen LogP contribution is 2.43. The number of anilines is 1. The Hall–Kier alpha value is -1.28. The first-order chi connectivity index (χ1) is 9.88. The van der Waals surface area contributed by atoms with Crippen LogP contribution >= 0.6 is 0 Å². The molecule has 0 unspecified atom stereocenters. The van der Waals surface area contributed by atoms with Gasteiger partial charge in [-0.25, -0.2) is 0 Å². The second kappa shape index (κ2) is 5.25. The van der Waals surface area contributed by atoms with Gasteiger partial charge in [0.05, 0.1) is 0 Å². The zero-order chi connectivity index (χ0) is 13.4. The van der Waals surface area contributed by atoms with Crippen molar-refractivity contribution in [3.8, 4) is 0 Å². The number of para-hydroxylation sites is 1. The van der Waals surface area contributed by atoms with Crippen molar-refractivity contribution < 1.29 is 0 Å². The van der Waals surface area contributed by atoms with Crippen LogP contribution in [0.25, 0.3) is 0 Å². The molecule has 2 heteroatoms. The van der Waals surface area contributed by atoms with Crippen LogP contribution in [0, 0.1) is 17.8 Å². The summed E-state index contributed by atoms with van der Waals surface area (Å²) in [5, 5.41) is 0. The maximum atomic E-state index is 2.69. The molecule has 2 nitrogen and oxygen atoms in total. The van der Waals surface area contributed by atoms with Crippen molar-refractivity contribution >= 4 is 5.69 Å². The number of benzene rings is 1. The van der Waals surface area contributed by atoms with E-state index in [9.17, 15) is 0 Å². The Labute approximate surface area is 122 Å². The Bertz CT molecular complexity index is 473. The van der Waals surface area contributed by atoms with Crippen LogP contribution < -0.4 is 4.90 Å². The predicted octanol–water partition coefficient (Wildman–Crippen LogP) is 3.02. The van der Waals surface area contributed by atoms with E-state index in [2.05, 4.69) is 52.3 Å². The van der Waals surface area contributed by atoms with E-state index < -0.39 is 0 Å². The van der Waals surface area contributed by atoms with Gasteiger partial charge in [-0.3, -0.25) is 4.90 Å². The van der Waals surface area contributed by atoms with Gasteiger partial charge in [0.25, 0.3) is 0 Å². The number of piperazine rings is 1. The summed E-state index contributed by atoms with van der Waals surface area (Å²) in [7, 11) is 0. The Morgan fingerprint density at radius 3 is 2.35 bits per heavy atom. The van der Waals surface area contributed by atoms with E-state index in [-0.39, 0.29) is 0 Å². The molecule has 106 valence electrons. The van der Waals surface area contributed by atoms with Gasteiger partial charge >= 0.3 is 0 Å². The molecular weight excluding hydrogens is 244 g/mol. The number of nitrogens with zero attached hydrogens (tertiary/aromatic N) is 2. The van der Waals surface area contributed by atoms with Crippen LogP contribution in [0.4, 0.5) is 5.69 Å². The smallest absolute Gasteiger partial charge is 0.0367 e. The summed E-state index contributed by atoms with van der Waals surface area (Å²) in [6.07, 6.45) is 7.82. The first kappa shape index (κ1) is 12.5. The molecule has 3 atom stereocenters. The van der Waals surface area contributed by atoms with Gasteiger partial charge < -0.3 is 4.90 Å². The van der Waals surface area contributed by atoms with E-state index in [0.717, 1.165) is 17.8 Å². The van der Waals surface area contributed by atoms with Crippen LogP contribution in [-0.2, 0) is 0 Å². The van der Waals surface area contributed by atoms with E-state index in [1.54, 1.807) is 0 Å². The fourth-order valence-corrected chi connectivity index (χ4v) is 4.26. The molecule has 0 N–H and O–H groups in total. The van der Waals surface area contributed by atoms with Crippen LogP contribution in [-0.4, -0.2) is 37.6 Å². The lowest BCUT2D eigenvalue weighted by Gasteiger charge is -2.38. The third-order valence-electron chi connectivity index (χ3n) is 5.40. The summed E-state index contributed by atoms with van der Waals surface area (Å²) < 4.78 is 0. The number of hydrogen-bond acceptors (Lipinski definition) is 2. The molecule has 0 spiro atoms. The highest BCUT2D eigenvalue weighted by atomic mass is 15.3.